The van der Waals surface area contributed by atoms with Crippen LogP contribution in [-0.4, -0.2) is 28.1 Å². The lowest BCUT2D eigenvalue weighted by molar-refractivity contribution is -0.170. The highest BCUT2D eigenvalue weighted by molar-refractivity contribution is 6.35. The quantitative estimate of drug-likeness (QED) is 0.136. The van der Waals surface area contributed by atoms with Gasteiger partial charge in [-0.3, -0.25) is 14.4 Å². The molecular weight excluding hydrogens is 536 g/mol. The van der Waals surface area contributed by atoms with Crippen molar-refractivity contribution in [3.63, 3.8) is 0 Å². The molecule has 1 spiro atoms. The molecular formula is C38H48O5. The lowest BCUT2D eigenvalue weighted by Crippen LogP contribution is -2.67. The molecule has 1 N–H and O–H groups in total. The summed E-state index contributed by atoms with van der Waals surface area (Å²) in [5.41, 5.74) is -0.916. The van der Waals surface area contributed by atoms with E-state index in [1.807, 2.05) is 46.8 Å². The van der Waals surface area contributed by atoms with E-state index in [1.54, 1.807) is 12.1 Å². The highest BCUT2D eigenvalue weighted by Crippen LogP contribution is 2.68. The monoisotopic (exact) mass is 584 g/mol. The van der Waals surface area contributed by atoms with Gasteiger partial charge in [0.05, 0.1) is 5.41 Å². The highest BCUT2D eigenvalue weighted by Gasteiger charge is 2.73. The molecule has 3 aliphatic rings. The Morgan fingerprint density at radius 1 is 1.05 bits per heavy atom. The van der Waals surface area contributed by atoms with Crippen LogP contribution in [0.25, 0.3) is 0 Å². The normalized spacial score (nSPS) is 27.5. The Labute approximate surface area is 257 Å². The maximum Gasteiger partial charge on any atom is 0.200 e. The van der Waals surface area contributed by atoms with Gasteiger partial charge in [0.1, 0.15) is 28.1 Å². The summed E-state index contributed by atoms with van der Waals surface area (Å²) in [5.74, 6) is -1.27. The van der Waals surface area contributed by atoms with Crippen molar-refractivity contribution >= 4 is 17.3 Å². The van der Waals surface area contributed by atoms with Crippen LogP contribution in [0, 0.1) is 28.1 Å². The first kappa shape index (κ1) is 32.4. The fraction of sp³-hybridized carbons (Fsp3) is 0.500. The number of hydrogen-bond donors (Lipinski definition) is 1. The maximum absolute atomic E-state index is 15.3. The summed E-state index contributed by atoms with van der Waals surface area (Å²) in [6, 6.07) is 6.03. The smallest absolute Gasteiger partial charge is 0.200 e. The van der Waals surface area contributed by atoms with E-state index < -0.39 is 33.4 Å². The molecule has 4 rings (SSSR count). The number of hydrogen-bond acceptors (Lipinski definition) is 5. The molecule has 1 aliphatic heterocycles. The predicted molar refractivity (Wildman–Crippen MR) is 172 cm³/mol. The second kappa shape index (κ2) is 11.2. The van der Waals surface area contributed by atoms with Gasteiger partial charge in [0.25, 0.3) is 0 Å². The summed E-state index contributed by atoms with van der Waals surface area (Å²) in [6.07, 6.45) is 10.1. The molecule has 1 aromatic rings. The lowest BCUT2D eigenvalue weighted by Gasteiger charge is -2.62. The fourth-order valence-electron chi connectivity index (χ4n) is 7.29. The zero-order valence-corrected chi connectivity index (χ0v) is 27.4. The Kier molecular flexibility index (Phi) is 8.47. The molecule has 0 amide bonds. The molecule has 5 heteroatoms. The fourth-order valence-corrected chi connectivity index (χ4v) is 7.29. The van der Waals surface area contributed by atoms with Crippen LogP contribution in [-0.2, 0) is 14.3 Å². The summed E-state index contributed by atoms with van der Waals surface area (Å²) in [7, 11) is 0. The molecule has 0 radical (unpaired) electrons. The molecule has 230 valence electrons. The maximum atomic E-state index is 15.3. The van der Waals surface area contributed by atoms with Crippen LogP contribution in [0.4, 0.5) is 0 Å². The molecule has 0 saturated heterocycles. The Morgan fingerprint density at radius 3 is 2.28 bits per heavy atom. The van der Waals surface area contributed by atoms with Gasteiger partial charge in [0, 0.05) is 5.56 Å². The van der Waals surface area contributed by atoms with Gasteiger partial charge in [-0.15, -0.1) is 0 Å². The minimum Gasteiger partial charge on any atom is -0.508 e. The van der Waals surface area contributed by atoms with E-state index in [4.69, 9.17) is 4.74 Å². The minimum absolute atomic E-state index is 0.0415. The van der Waals surface area contributed by atoms with Crippen molar-refractivity contribution in [3.05, 3.63) is 88.8 Å². The van der Waals surface area contributed by atoms with E-state index in [0.29, 0.717) is 19.3 Å². The van der Waals surface area contributed by atoms with Gasteiger partial charge in [-0.25, -0.2) is 0 Å². The van der Waals surface area contributed by atoms with E-state index in [1.165, 1.54) is 17.7 Å². The third-order valence-electron chi connectivity index (χ3n) is 10.0. The number of phenols is 1. The Balaban J connectivity index is 2.08. The third kappa shape index (κ3) is 5.41. The van der Waals surface area contributed by atoms with Crippen LogP contribution < -0.4 is 0 Å². The van der Waals surface area contributed by atoms with Crippen molar-refractivity contribution in [2.45, 2.75) is 93.6 Å². The van der Waals surface area contributed by atoms with Gasteiger partial charge < -0.3 is 9.84 Å². The van der Waals surface area contributed by atoms with E-state index in [-0.39, 0.29) is 46.7 Å². The Morgan fingerprint density at radius 2 is 1.70 bits per heavy atom. The van der Waals surface area contributed by atoms with E-state index in [9.17, 15) is 9.90 Å². The van der Waals surface area contributed by atoms with E-state index in [0.717, 1.165) is 11.1 Å². The standard InChI is InChI=1S/C38H48O5/c1-23(2)14-16-27(25(5)6)21-37-22-28(17-15-24(3)4)36(9,10)38(34(37)42)19-18-35(7,8)43-33(38)30(32(37)41)31(40)26-12-11-13-29(39)20-26/h11-15,18-20,27-28,39H,5,16-17,21-22H2,1-4,6-10H3/t27-,28+,37-,38-/m0/s1. The van der Waals surface area contributed by atoms with Crippen molar-refractivity contribution in [3.8, 4) is 5.75 Å². The molecule has 2 aliphatic carbocycles. The zero-order chi connectivity index (χ0) is 32.1. The van der Waals surface area contributed by atoms with Crippen molar-refractivity contribution in [1.29, 1.82) is 0 Å². The topological polar surface area (TPSA) is 80.7 Å². The molecule has 5 nitrogen and oxygen atoms in total. The number of carbonyl (C=O) groups excluding carboxylic acids is 3. The van der Waals surface area contributed by atoms with Gasteiger partial charge in [-0.05, 0) is 110 Å². The predicted octanol–water partition coefficient (Wildman–Crippen LogP) is 8.66. The van der Waals surface area contributed by atoms with Crippen molar-refractivity contribution in [2.24, 2.45) is 28.1 Å². The molecule has 1 heterocycles. The van der Waals surface area contributed by atoms with Crippen LogP contribution in [0.5, 0.6) is 5.75 Å². The number of aromatic hydroxyl groups is 1. The summed E-state index contributed by atoms with van der Waals surface area (Å²) >= 11 is 0. The van der Waals surface area contributed by atoms with Gasteiger partial charge in [-0.2, -0.15) is 0 Å². The van der Waals surface area contributed by atoms with E-state index >= 15 is 9.59 Å². The summed E-state index contributed by atoms with van der Waals surface area (Å²) in [5, 5.41) is 10.2. The molecule has 0 aromatic heterocycles. The zero-order valence-electron chi connectivity index (χ0n) is 27.4. The lowest BCUT2D eigenvalue weighted by atomic mass is 9.40. The summed E-state index contributed by atoms with van der Waals surface area (Å²) in [6.45, 7) is 22.3. The third-order valence-corrected chi connectivity index (χ3v) is 10.0. The van der Waals surface area contributed by atoms with Gasteiger partial charge in [0.15, 0.2) is 17.3 Å². The van der Waals surface area contributed by atoms with Crippen LogP contribution in [0.3, 0.4) is 0 Å². The number of rotatable bonds is 9. The SMILES string of the molecule is C=C(C)[C@@H](CC=C(C)C)C[C@]12C[C@@H](CC=C(C)C)C(C)(C)[C@]3(C=CC(C)(C)OC3=C(C(=O)c3cccc(O)c3)C1=O)C2=O. The number of allylic oxidation sites excluding steroid dienone is 7. The van der Waals surface area contributed by atoms with Crippen molar-refractivity contribution < 1.29 is 24.2 Å². The molecule has 4 atom stereocenters. The molecule has 0 unspecified atom stereocenters. The van der Waals surface area contributed by atoms with Gasteiger partial charge in [0.2, 0.25) is 0 Å². The van der Waals surface area contributed by atoms with Crippen molar-refractivity contribution in [2.75, 3.05) is 0 Å². The Hall–Kier alpha value is -3.47. The minimum atomic E-state index is -1.44. The summed E-state index contributed by atoms with van der Waals surface area (Å²) < 4.78 is 6.59. The van der Waals surface area contributed by atoms with Crippen molar-refractivity contribution in [1.82, 2.24) is 0 Å². The summed E-state index contributed by atoms with van der Waals surface area (Å²) in [4.78, 5) is 44.8. The molecule has 1 saturated carbocycles. The second-order valence-electron chi connectivity index (χ2n) is 14.6. The number of ketones is 3. The number of ether oxygens (including phenoxy) is 1. The number of benzene rings is 1. The first-order valence-electron chi connectivity index (χ1n) is 15.4. The van der Waals surface area contributed by atoms with Crippen LogP contribution >= 0.6 is 0 Å². The first-order valence-corrected chi connectivity index (χ1v) is 15.4. The number of phenolic OH excluding ortho intramolecular Hbond substituents is 1. The molecule has 2 bridgehead atoms. The molecule has 1 aromatic carbocycles. The largest absolute Gasteiger partial charge is 0.508 e. The molecule has 1 fully saturated rings. The van der Waals surface area contributed by atoms with Crippen LogP contribution in [0.15, 0.2) is 83.2 Å². The van der Waals surface area contributed by atoms with Gasteiger partial charge >= 0.3 is 0 Å². The van der Waals surface area contributed by atoms with Crippen LogP contribution in [0.2, 0.25) is 0 Å². The second-order valence-corrected chi connectivity index (χ2v) is 14.6. The van der Waals surface area contributed by atoms with E-state index in [2.05, 4.69) is 46.4 Å². The average Bonchev–Trinajstić information content (AvgIpc) is 2.90. The van der Waals surface area contributed by atoms with Crippen LogP contribution in [0.1, 0.15) is 98.4 Å². The number of fused-ring (bicyclic) bond motifs is 1. The average molecular weight is 585 g/mol. The number of carbonyl (C=O) groups is 3. The number of Topliss-reactive ketones (excluding diaryl/α,β-unsaturated/α-hetero) is 3. The highest BCUT2D eigenvalue weighted by atomic mass is 16.5. The van der Waals surface area contributed by atoms with Gasteiger partial charge in [-0.1, -0.05) is 67.5 Å². The Bertz CT molecular complexity index is 1490. The molecule has 43 heavy (non-hydrogen) atoms. The first-order chi connectivity index (χ1) is 19.9.